The molecule has 0 spiro atoms. The summed E-state index contributed by atoms with van der Waals surface area (Å²) in [6, 6.07) is 5.49. The molecule has 1 atom stereocenters. The maximum Gasteiger partial charge on any atom is 0.155 e. The molecule has 0 saturated carbocycles. The van der Waals surface area contributed by atoms with Gasteiger partial charge in [0.2, 0.25) is 0 Å². The third-order valence-electron chi connectivity index (χ3n) is 3.68. The van der Waals surface area contributed by atoms with Gasteiger partial charge in [-0.2, -0.15) is 0 Å². The largest absolute Gasteiger partial charge is 0.387 e. The van der Waals surface area contributed by atoms with Crippen molar-refractivity contribution in [2.45, 2.75) is 37.9 Å². The normalized spacial score (nSPS) is 17.6. The monoisotopic (exact) mass is 270 g/mol. The minimum atomic E-state index is -3.35. The Morgan fingerprint density at radius 2 is 1.89 bits per heavy atom. The van der Waals surface area contributed by atoms with Crippen molar-refractivity contribution in [1.82, 2.24) is 0 Å². The Labute approximate surface area is 108 Å². The van der Waals surface area contributed by atoms with Crippen molar-refractivity contribution in [2.24, 2.45) is 0 Å². The van der Waals surface area contributed by atoms with E-state index in [1.54, 1.807) is 6.07 Å². The van der Waals surface area contributed by atoms with Gasteiger partial charge in [-0.15, -0.1) is 0 Å². The first-order chi connectivity index (χ1) is 8.23. The number of hydrogen-bond acceptors (Lipinski definition) is 4. The first-order valence-corrected chi connectivity index (χ1v) is 7.70. The van der Waals surface area contributed by atoms with Crippen molar-refractivity contribution in [3.63, 3.8) is 0 Å². The molecule has 0 saturated heterocycles. The summed E-state index contributed by atoms with van der Waals surface area (Å²) < 4.78 is 27.5. The Bertz CT molecular complexity index is 560. The number of fused-ring (bicyclic) bond motifs is 1. The first-order valence-electron chi connectivity index (χ1n) is 5.80. The summed E-state index contributed by atoms with van der Waals surface area (Å²) in [5.74, 6) is 0. The van der Waals surface area contributed by atoms with E-state index in [4.69, 9.17) is 4.74 Å². The van der Waals surface area contributed by atoms with E-state index in [9.17, 15) is 13.5 Å². The van der Waals surface area contributed by atoms with Crippen molar-refractivity contribution < 1.29 is 18.3 Å². The number of benzene rings is 1. The molecule has 0 fully saturated rings. The van der Waals surface area contributed by atoms with E-state index < -0.39 is 20.7 Å². The van der Waals surface area contributed by atoms with E-state index in [0.717, 1.165) is 17.4 Å². The Hall–Kier alpha value is -0.910. The van der Waals surface area contributed by atoms with Gasteiger partial charge in [-0.25, -0.2) is 8.42 Å². The molecular formula is C13H18O4S. The summed E-state index contributed by atoms with van der Waals surface area (Å²) in [5, 5.41) is 10.3. The second-order valence-corrected chi connectivity index (χ2v) is 7.90. The van der Waals surface area contributed by atoms with E-state index in [1.807, 2.05) is 12.1 Å². The number of rotatable bonds is 3. The first kappa shape index (κ1) is 13.5. The quantitative estimate of drug-likeness (QED) is 0.905. The van der Waals surface area contributed by atoms with Crippen molar-refractivity contribution in [2.75, 3.05) is 6.26 Å². The molecule has 100 valence electrons. The third-order valence-corrected chi connectivity index (χ3v) is 5.81. The molecule has 0 aromatic heterocycles. The lowest BCUT2D eigenvalue weighted by Crippen LogP contribution is -2.37. The van der Waals surface area contributed by atoms with Crippen molar-refractivity contribution in [3.05, 3.63) is 34.9 Å². The molecule has 1 N–H and O–H groups in total. The van der Waals surface area contributed by atoms with Crippen LogP contribution < -0.4 is 0 Å². The van der Waals surface area contributed by atoms with Gasteiger partial charge >= 0.3 is 0 Å². The predicted octanol–water partition coefficient (Wildman–Crippen LogP) is 1.57. The van der Waals surface area contributed by atoms with Crippen molar-refractivity contribution in [3.8, 4) is 0 Å². The van der Waals surface area contributed by atoms with Gasteiger partial charge in [-0.3, -0.25) is 0 Å². The highest BCUT2D eigenvalue weighted by Gasteiger charge is 2.39. The Morgan fingerprint density at radius 1 is 1.28 bits per heavy atom. The second-order valence-electron chi connectivity index (χ2n) is 5.30. The molecule has 1 aromatic carbocycles. The lowest BCUT2D eigenvalue weighted by Gasteiger charge is -2.29. The summed E-state index contributed by atoms with van der Waals surface area (Å²) in [7, 11) is -3.35. The van der Waals surface area contributed by atoms with E-state index >= 15 is 0 Å². The number of aliphatic hydroxyl groups is 1. The van der Waals surface area contributed by atoms with Crippen LogP contribution in [-0.2, 0) is 27.8 Å². The lowest BCUT2D eigenvalue weighted by molar-refractivity contribution is 0.133. The minimum Gasteiger partial charge on any atom is -0.387 e. The van der Waals surface area contributed by atoms with Crippen molar-refractivity contribution >= 4 is 9.84 Å². The van der Waals surface area contributed by atoms with Crippen molar-refractivity contribution in [1.29, 1.82) is 0 Å². The van der Waals surface area contributed by atoms with E-state index in [1.165, 1.54) is 13.8 Å². The van der Waals surface area contributed by atoms with Crippen LogP contribution in [0.2, 0.25) is 0 Å². The molecule has 1 aromatic rings. The maximum atomic E-state index is 11.7. The van der Waals surface area contributed by atoms with Gasteiger partial charge in [0.1, 0.15) is 0 Å². The Morgan fingerprint density at radius 3 is 2.50 bits per heavy atom. The van der Waals surface area contributed by atoms with Crippen LogP contribution in [-0.4, -0.2) is 24.5 Å². The molecule has 0 amide bonds. The summed E-state index contributed by atoms with van der Waals surface area (Å²) in [6.45, 7) is 4.18. The molecule has 1 heterocycles. The zero-order valence-electron chi connectivity index (χ0n) is 10.8. The summed E-state index contributed by atoms with van der Waals surface area (Å²) in [6.07, 6.45) is 0.102. The molecule has 0 radical (unpaired) electrons. The minimum absolute atomic E-state index is 0.523. The SMILES string of the molecule is CC(C)(C(O)c1ccc2c(c1)COC2)S(C)(=O)=O. The standard InChI is InChI=1S/C13H18O4S/c1-13(2,18(3,15)16)12(14)9-4-5-10-7-17-8-11(10)6-9/h4-6,12,14H,7-8H2,1-3H3. The Kier molecular flexibility index (Phi) is 3.25. The predicted molar refractivity (Wildman–Crippen MR) is 68.8 cm³/mol. The van der Waals surface area contributed by atoms with Gasteiger partial charge in [0.25, 0.3) is 0 Å². The second kappa shape index (κ2) is 4.33. The molecule has 1 aliphatic rings. The molecule has 1 unspecified atom stereocenters. The van der Waals surface area contributed by atoms with Gasteiger partial charge in [0.05, 0.1) is 24.1 Å². The number of hydrogen-bond donors (Lipinski definition) is 1. The highest BCUT2D eigenvalue weighted by atomic mass is 32.2. The van der Waals surface area contributed by atoms with Crippen LogP contribution in [0.3, 0.4) is 0 Å². The van der Waals surface area contributed by atoms with Gasteiger partial charge in [0.15, 0.2) is 9.84 Å². The molecule has 2 rings (SSSR count). The average Bonchev–Trinajstić information content (AvgIpc) is 2.73. The topological polar surface area (TPSA) is 63.6 Å². The summed E-state index contributed by atoms with van der Waals surface area (Å²) in [4.78, 5) is 0. The van der Waals surface area contributed by atoms with Crippen LogP contribution in [0, 0.1) is 0 Å². The highest BCUT2D eigenvalue weighted by molar-refractivity contribution is 7.92. The van der Waals surface area contributed by atoms with Crippen LogP contribution in [0.1, 0.15) is 36.6 Å². The zero-order valence-corrected chi connectivity index (χ0v) is 11.6. The van der Waals surface area contributed by atoms with Crippen LogP contribution >= 0.6 is 0 Å². The van der Waals surface area contributed by atoms with Crippen LogP contribution in [0.5, 0.6) is 0 Å². The van der Waals surface area contributed by atoms with Gasteiger partial charge in [-0.1, -0.05) is 18.2 Å². The molecule has 18 heavy (non-hydrogen) atoms. The molecule has 5 heteroatoms. The summed E-state index contributed by atoms with van der Waals surface area (Å²) >= 11 is 0. The zero-order chi connectivity index (χ0) is 13.6. The summed E-state index contributed by atoms with van der Waals surface area (Å²) in [5.41, 5.74) is 2.74. The molecular weight excluding hydrogens is 252 g/mol. The van der Waals surface area contributed by atoms with E-state index in [0.29, 0.717) is 18.8 Å². The van der Waals surface area contributed by atoms with Crippen LogP contribution in [0.25, 0.3) is 0 Å². The van der Waals surface area contributed by atoms with E-state index in [2.05, 4.69) is 0 Å². The van der Waals surface area contributed by atoms with E-state index in [-0.39, 0.29) is 0 Å². The number of aliphatic hydroxyl groups excluding tert-OH is 1. The number of ether oxygens (including phenoxy) is 1. The van der Waals surface area contributed by atoms with Gasteiger partial charge < -0.3 is 9.84 Å². The number of sulfone groups is 1. The highest BCUT2D eigenvalue weighted by Crippen LogP contribution is 2.33. The lowest BCUT2D eigenvalue weighted by atomic mass is 9.95. The smallest absolute Gasteiger partial charge is 0.155 e. The molecule has 1 aliphatic heterocycles. The Balaban J connectivity index is 2.38. The van der Waals surface area contributed by atoms with Gasteiger partial charge in [0, 0.05) is 6.26 Å². The fourth-order valence-corrected chi connectivity index (χ4v) is 2.51. The van der Waals surface area contributed by atoms with Gasteiger partial charge in [-0.05, 0) is 30.5 Å². The van der Waals surface area contributed by atoms with Crippen LogP contribution in [0.4, 0.5) is 0 Å². The third kappa shape index (κ3) is 2.18. The van der Waals surface area contributed by atoms with Crippen LogP contribution in [0.15, 0.2) is 18.2 Å². The molecule has 4 nitrogen and oxygen atoms in total. The average molecular weight is 270 g/mol. The molecule has 0 aliphatic carbocycles. The maximum absolute atomic E-state index is 11.7. The molecule has 0 bridgehead atoms. The fourth-order valence-electron chi connectivity index (χ4n) is 1.97. The fraction of sp³-hybridized carbons (Fsp3) is 0.538.